The second-order valence-corrected chi connectivity index (χ2v) is 8.96. The van der Waals surface area contributed by atoms with Crippen LogP contribution in [0.4, 0.5) is 5.69 Å². The molecule has 3 aromatic rings. The summed E-state index contributed by atoms with van der Waals surface area (Å²) in [6.07, 6.45) is 1.51. The van der Waals surface area contributed by atoms with Gasteiger partial charge >= 0.3 is 0 Å². The second-order valence-electron chi connectivity index (χ2n) is 7.27. The van der Waals surface area contributed by atoms with Crippen molar-refractivity contribution < 1.29 is 19.1 Å². The van der Waals surface area contributed by atoms with Crippen LogP contribution in [0.3, 0.4) is 0 Å². The summed E-state index contributed by atoms with van der Waals surface area (Å²) < 4.78 is 12.0. The molecule has 0 saturated heterocycles. The molecule has 0 aromatic heterocycles. The summed E-state index contributed by atoms with van der Waals surface area (Å²) in [6.45, 7) is 0.215. The molecule has 35 heavy (non-hydrogen) atoms. The lowest BCUT2D eigenvalue weighted by atomic mass is 10.2. The Morgan fingerprint density at radius 2 is 1.77 bits per heavy atom. The van der Waals surface area contributed by atoms with E-state index in [1.165, 1.54) is 13.3 Å². The van der Waals surface area contributed by atoms with Gasteiger partial charge in [0.25, 0.3) is 0 Å². The summed E-state index contributed by atoms with van der Waals surface area (Å²) in [6, 6.07) is 17.7. The Labute approximate surface area is 221 Å². The Bertz CT molecular complexity index is 1220. The molecule has 2 amide bonds. The van der Waals surface area contributed by atoms with E-state index >= 15 is 0 Å². The van der Waals surface area contributed by atoms with E-state index in [2.05, 4.69) is 31.8 Å². The standard InChI is InChI=1S/C25H22BrCl2N3O4/c1-34-22-12-16(11-20(26)25(22)35-15-17-7-8-18(27)13-21(17)28)14-29-31-24(33)10-9-23(32)30-19-5-3-2-4-6-19/h2-8,11-14H,9-10,15H2,1H3,(H,30,32)(H,31,33). The van der Waals surface area contributed by atoms with Gasteiger partial charge in [0, 0.05) is 34.1 Å². The molecule has 0 radical (unpaired) electrons. The molecule has 0 fully saturated rings. The number of ether oxygens (including phenoxy) is 2. The summed E-state index contributed by atoms with van der Waals surface area (Å²) in [5.74, 6) is 0.328. The molecule has 0 heterocycles. The fraction of sp³-hybridized carbons (Fsp3) is 0.160. The topological polar surface area (TPSA) is 89.0 Å². The largest absolute Gasteiger partial charge is 0.493 e. The van der Waals surface area contributed by atoms with Crippen molar-refractivity contribution >= 4 is 62.8 Å². The first-order chi connectivity index (χ1) is 16.9. The zero-order chi connectivity index (χ0) is 25.2. The molecule has 0 unspecified atom stereocenters. The molecule has 0 aliphatic carbocycles. The van der Waals surface area contributed by atoms with Gasteiger partial charge in [-0.15, -0.1) is 0 Å². The highest BCUT2D eigenvalue weighted by Crippen LogP contribution is 2.37. The van der Waals surface area contributed by atoms with Crippen LogP contribution >= 0.6 is 39.1 Å². The molecule has 2 N–H and O–H groups in total. The van der Waals surface area contributed by atoms with Crippen molar-refractivity contribution in [1.82, 2.24) is 5.43 Å². The maximum Gasteiger partial charge on any atom is 0.240 e. The van der Waals surface area contributed by atoms with Crippen LogP contribution in [0.2, 0.25) is 10.0 Å². The van der Waals surface area contributed by atoms with E-state index in [1.807, 2.05) is 18.2 Å². The van der Waals surface area contributed by atoms with Gasteiger partial charge in [0.1, 0.15) is 6.61 Å². The molecule has 182 valence electrons. The van der Waals surface area contributed by atoms with Crippen LogP contribution < -0.4 is 20.2 Å². The third-order valence-corrected chi connectivity index (χ3v) is 5.85. The molecule has 3 aromatic carbocycles. The van der Waals surface area contributed by atoms with Crippen LogP contribution in [0.15, 0.2) is 70.2 Å². The lowest BCUT2D eigenvalue weighted by molar-refractivity contribution is -0.124. The summed E-state index contributed by atoms with van der Waals surface area (Å²) in [4.78, 5) is 24.0. The monoisotopic (exact) mass is 577 g/mol. The summed E-state index contributed by atoms with van der Waals surface area (Å²) in [7, 11) is 1.52. The maximum atomic E-state index is 12.0. The summed E-state index contributed by atoms with van der Waals surface area (Å²) in [5.41, 5.74) is 4.53. The number of nitrogens with zero attached hydrogens (tertiary/aromatic N) is 1. The van der Waals surface area contributed by atoms with E-state index < -0.39 is 0 Å². The molecule has 3 rings (SSSR count). The van der Waals surface area contributed by atoms with Crippen molar-refractivity contribution in [2.24, 2.45) is 5.10 Å². The lowest BCUT2D eigenvalue weighted by Gasteiger charge is -2.14. The zero-order valence-electron chi connectivity index (χ0n) is 18.7. The number of carbonyl (C=O) groups is 2. The number of hydrogen-bond acceptors (Lipinski definition) is 5. The first kappa shape index (κ1) is 26.5. The predicted octanol–water partition coefficient (Wildman–Crippen LogP) is 6.21. The number of hydrogen-bond donors (Lipinski definition) is 2. The van der Waals surface area contributed by atoms with E-state index in [4.69, 9.17) is 32.7 Å². The van der Waals surface area contributed by atoms with Gasteiger partial charge in [-0.1, -0.05) is 47.5 Å². The number of para-hydroxylation sites is 1. The Morgan fingerprint density at radius 1 is 1.03 bits per heavy atom. The molecular formula is C25H22BrCl2N3O4. The predicted molar refractivity (Wildman–Crippen MR) is 142 cm³/mol. The molecule has 10 heteroatoms. The number of hydrazone groups is 1. The van der Waals surface area contributed by atoms with Crippen LogP contribution in [0.5, 0.6) is 11.5 Å². The van der Waals surface area contributed by atoms with Gasteiger partial charge in [-0.25, -0.2) is 5.43 Å². The fourth-order valence-corrected chi connectivity index (χ4v) is 3.99. The molecule has 0 spiro atoms. The van der Waals surface area contributed by atoms with E-state index in [1.54, 1.807) is 42.5 Å². The van der Waals surface area contributed by atoms with Crippen LogP contribution in [0.1, 0.15) is 24.0 Å². The van der Waals surface area contributed by atoms with Crippen LogP contribution in [0, 0.1) is 0 Å². The average Bonchev–Trinajstić information content (AvgIpc) is 2.83. The smallest absolute Gasteiger partial charge is 0.240 e. The van der Waals surface area contributed by atoms with Crippen molar-refractivity contribution in [1.29, 1.82) is 0 Å². The third kappa shape index (κ3) is 8.28. The molecule has 7 nitrogen and oxygen atoms in total. The van der Waals surface area contributed by atoms with Gasteiger partial charge in [-0.2, -0.15) is 5.10 Å². The van der Waals surface area contributed by atoms with Gasteiger partial charge in [0.2, 0.25) is 11.8 Å². The first-order valence-corrected chi connectivity index (χ1v) is 12.0. The second kappa shape index (κ2) is 13.1. The van der Waals surface area contributed by atoms with Crippen molar-refractivity contribution in [3.63, 3.8) is 0 Å². The molecule has 0 saturated carbocycles. The van der Waals surface area contributed by atoms with E-state index in [9.17, 15) is 9.59 Å². The van der Waals surface area contributed by atoms with Crippen molar-refractivity contribution in [2.75, 3.05) is 12.4 Å². The number of carbonyl (C=O) groups excluding carboxylic acids is 2. The minimum atomic E-state index is -0.379. The van der Waals surface area contributed by atoms with E-state index in [-0.39, 0.29) is 31.3 Å². The van der Waals surface area contributed by atoms with Crippen LogP contribution in [-0.4, -0.2) is 25.1 Å². The minimum Gasteiger partial charge on any atom is -0.493 e. The third-order valence-electron chi connectivity index (χ3n) is 4.68. The number of methoxy groups -OCH3 is 1. The molecule has 0 aliphatic heterocycles. The minimum absolute atomic E-state index is 0.00303. The van der Waals surface area contributed by atoms with Gasteiger partial charge in [0.05, 0.1) is 17.8 Å². The SMILES string of the molecule is COc1cc(C=NNC(=O)CCC(=O)Nc2ccccc2)cc(Br)c1OCc1ccc(Cl)cc1Cl. The van der Waals surface area contributed by atoms with Gasteiger partial charge < -0.3 is 14.8 Å². The summed E-state index contributed by atoms with van der Waals surface area (Å²) >= 11 is 15.6. The number of nitrogens with one attached hydrogen (secondary N) is 2. The first-order valence-electron chi connectivity index (χ1n) is 10.5. The number of rotatable bonds is 10. The van der Waals surface area contributed by atoms with Gasteiger partial charge in [-0.05, 0) is 57.9 Å². The van der Waals surface area contributed by atoms with Crippen molar-refractivity contribution in [3.05, 3.63) is 86.3 Å². The number of amides is 2. The van der Waals surface area contributed by atoms with Gasteiger partial charge in [0.15, 0.2) is 11.5 Å². The number of benzene rings is 3. The van der Waals surface area contributed by atoms with Gasteiger partial charge in [-0.3, -0.25) is 9.59 Å². The quantitative estimate of drug-likeness (QED) is 0.221. The molecular weight excluding hydrogens is 557 g/mol. The normalized spacial score (nSPS) is 10.7. The maximum absolute atomic E-state index is 12.0. The van der Waals surface area contributed by atoms with E-state index in [0.717, 1.165) is 5.56 Å². The highest BCUT2D eigenvalue weighted by atomic mass is 79.9. The Balaban J connectivity index is 1.53. The number of anilines is 1. The van der Waals surface area contributed by atoms with Crippen molar-refractivity contribution in [3.8, 4) is 11.5 Å². The highest BCUT2D eigenvalue weighted by molar-refractivity contribution is 9.10. The molecule has 0 atom stereocenters. The fourth-order valence-electron chi connectivity index (χ4n) is 2.95. The molecule has 0 aliphatic rings. The Hall–Kier alpha value is -3.07. The average molecular weight is 579 g/mol. The Morgan fingerprint density at radius 3 is 2.49 bits per heavy atom. The summed E-state index contributed by atoms with van der Waals surface area (Å²) in [5, 5.41) is 7.74. The zero-order valence-corrected chi connectivity index (χ0v) is 21.8. The molecule has 0 bridgehead atoms. The number of halogens is 3. The Kier molecular flexibility index (Phi) is 9.96. The van der Waals surface area contributed by atoms with E-state index in [0.29, 0.717) is 37.3 Å². The van der Waals surface area contributed by atoms with Crippen molar-refractivity contribution in [2.45, 2.75) is 19.4 Å². The van der Waals surface area contributed by atoms with Crippen LogP contribution in [-0.2, 0) is 16.2 Å². The highest BCUT2D eigenvalue weighted by Gasteiger charge is 2.13. The lowest BCUT2D eigenvalue weighted by Crippen LogP contribution is -2.20. The van der Waals surface area contributed by atoms with Crippen LogP contribution in [0.25, 0.3) is 0 Å².